The zero-order chi connectivity index (χ0) is 9.97. The van der Waals surface area contributed by atoms with Gasteiger partial charge in [-0.2, -0.15) is 0 Å². The Hall–Kier alpha value is -2.10. The smallest absolute Gasteiger partial charge is 0.345 e. The van der Waals surface area contributed by atoms with Crippen LogP contribution in [0.2, 0.25) is 0 Å². The van der Waals surface area contributed by atoms with Crippen LogP contribution in [-0.4, -0.2) is 15.1 Å². The zero-order valence-electron chi connectivity index (χ0n) is 7.27. The van der Waals surface area contributed by atoms with Crippen LogP contribution in [0, 0.1) is 0 Å². The molecule has 1 aromatic carbocycles. The van der Waals surface area contributed by atoms with E-state index in [0.717, 1.165) is 5.56 Å². The summed E-state index contributed by atoms with van der Waals surface area (Å²) in [6.07, 6.45) is 1.45. The highest BCUT2D eigenvalue weighted by Crippen LogP contribution is 2.18. The van der Waals surface area contributed by atoms with Gasteiger partial charge in [0.25, 0.3) is 0 Å². The van der Waals surface area contributed by atoms with E-state index in [2.05, 4.69) is 9.97 Å². The average molecular weight is 188 g/mol. The topological polar surface area (TPSA) is 66.0 Å². The number of phenolic OH excluding ortho intramolecular Hbond substituents is 1. The molecule has 0 aliphatic heterocycles. The normalized spacial score (nSPS) is 10.0. The SMILES string of the molecule is O=c1nccc(-c2ccc(O)cc2)[nH]1. The second kappa shape index (κ2) is 3.33. The summed E-state index contributed by atoms with van der Waals surface area (Å²) in [5.41, 5.74) is 1.14. The van der Waals surface area contributed by atoms with Crippen LogP contribution in [0.15, 0.2) is 41.3 Å². The molecule has 2 aromatic rings. The van der Waals surface area contributed by atoms with Gasteiger partial charge in [0.15, 0.2) is 0 Å². The van der Waals surface area contributed by atoms with Gasteiger partial charge in [-0.25, -0.2) is 9.78 Å². The minimum atomic E-state index is -0.379. The Morgan fingerprint density at radius 1 is 1.14 bits per heavy atom. The summed E-state index contributed by atoms with van der Waals surface area (Å²) in [7, 11) is 0. The quantitative estimate of drug-likeness (QED) is 0.705. The fourth-order valence-electron chi connectivity index (χ4n) is 1.18. The monoisotopic (exact) mass is 188 g/mol. The van der Waals surface area contributed by atoms with Crippen LogP contribution in [-0.2, 0) is 0 Å². The van der Waals surface area contributed by atoms with Gasteiger partial charge in [-0.15, -0.1) is 0 Å². The van der Waals surface area contributed by atoms with Gasteiger partial charge in [0, 0.05) is 6.20 Å². The lowest BCUT2D eigenvalue weighted by Gasteiger charge is -1.99. The fraction of sp³-hybridized carbons (Fsp3) is 0. The minimum Gasteiger partial charge on any atom is -0.508 e. The largest absolute Gasteiger partial charge is 0.508 e. The lowest BCUT2D eigenvalue weighted by molar-refractivity contribution is 0.475. The minimum absolute atomic E-state index is 0.199. The van der Waals surface area contributed by atoms with Crippen LogP contribution in [0.25, 0.3) is 11.3 Å². The summed E-state index contributed by atoms with van der Waals surface area (Å²) >= 11 is 0. The van der Waals surface area contributed by atoms with Crippen molar-refractivity contribution in [2.45, 2.75) is 0 Å². The molecule has 1 heterocycles. The molecular weight excluding hydrogens is 180 g/mol. The third kappa shape index (κ3) is 1.64. The zero-order valence-corrected chi connectivity index (χ0v) is 7.27. The highest BCUT2D eigenvalue weighted by Gasteiger charge is 1.97. The predicted molar refractivity (Wildman–Crippen MR) is 52.0 cm³/mol. The van der Waals surface area contributed by atoms with Gasteiger partial charge in [-0.05, 0) is 35.9 Å². The van der Waals surface area contributed by atoms with E-state index >= 15 is 0 Å². The van der Waals surface area contributed by atoms with E-state index in [4.69, 9.17) is 5.11 Å². The molecule has 14 heavy (non-hydrogen) atoms. The van der Waals surface area contributed by atoms with Crippen LogP contribution in [0.4, 0.5) is 0 Å². The molecule has 0 bridgehead atoms. The number of aromatic nitrogens is 2. The van der Waals surface area contributed by atoms with Gasteiger partial charge in [0.2, 0.25) is 0 Å². The Morgan fingerprint density at radius 2 is 1.86 bits per heavy atom. The second-order valence-corrected chi connectivity index (χ2v) is 2.84. The fourth-order valence-corrected chi connectivity index (χ4v) is 1.18. The summed E-state index contributed by atoms with van der Waals surface area (Å²) in [5.74, 6) is 0.199. The third-order valence-corrected chi connectivity index (χ3v) is 1.85. The lowest BCUT2D eigenvalue weighted by Crippen LogP contribution is -2.09. The number of nitrogens with one attached hydrogen (secondary N) is 1. The van der Waals surface area contributed by atoms with Crippen LogP contribution in [0.1, 0.15) is 0 Å². The van der Waals surface area contributed by atoms with Crippen molar-refractivity contribution in [3.05, 3.63) is 47.0 Å². The highest BCUT2D eigenvalue weighted by atomic mass is 16.3. The standard InChI is InChI=1S/C10H8N2O2/c13-8-3-1-7(2-4-8)9-5-6-11-10(14)12-9/h1-6,13H,(H,11,12,14). The number of benzene rings is 1. The van der Waals surface area contributed by atoms with E-state index in [9.17, 15) is 4.79 Å². The number of H-pyrrole nitrogens is 1. The Morgan fingerprint density at radius 3 is 2.50 bits per heavy atom. The molecule has 0 spiro atoms. The molecule has 1 aromatic heterocycles. The van der Waals surface area contributed by atoms with Crippen molar-refractivity contribution >= 4 is 0 Å². The number of rotatable bonds is 1. The first-order chi connectivity index (χ1) is 6.75. The number of hydrogen-bond donors (Lipinski definition) is 2. The van der Waals surface area contributed by atoms with Crippen molar-refractivity contribution < 1.29 is 5.11 Å². The summed E-state index contributed by atoms with van der Waals surface area (Å²) in [6.45, 7) is 0. The summed E-state index contributed by atoms with van der Waals surface area (Å²) in [4.78, 5) is 17.0. The molecule has 0 radical (unpaired) electrons. The number of nitrogens with zero attached hydrogens (tertiary/aromatic N) is 1. The average Bonchev–Trinajstić information content (AvgIpc) is 2.19. The van der Waals surface area contributed by atoms with Gasteiger partial charge in [-0.1, -0.05) is 0 Å². The number of aromatic amines is 1. The number of phenols is 1. The van der Waals surface area contributed by atoms with Crippen LogP contribution in [0.5, 0.6) is 5.75 Å². The maximum absolute atomic E-state index is 10.9. The Labute approximate surface area is 79.9 Å². The van der Waals surface area contributed by atoms with E-state index < -0.39 is 0 Å². The van der Waals surface area contributed by atoms with E-state index in [0.29, 0.717) is 5.69 Å². The lowest BCUT2D eigenvalue weighted by atomic mass is 10.1. The van der Waals surface area contributed by atoms with E-state index in [1.165, 1.54) is 6.20 Å². The molecule has 0 saturated heterocycles. The Bertz CT molecular complexity index is 488. The molecule has 2 rings (SSSR count). The predicted octanol–water partition coefficient (Wildman–Crippen LogP) is 1.14. The van der Waals surface area contributed by atoms with Crippen molar-refractivity contribution in [1.82, 2.24) is 9.97 Å². The molecule has 70 valence electrons. The number of hydrogen-bond acceptors (Lipinski definition) is 3. The number of aromatic hydroxyl groups is 1. The summed E-state index contributed by atoms with van der Waals surface area (Å²) in [6, 6.07) is 8.27. The van der Waals surface area contributed by atoms with Gasteiger partial charge in [0.1, 0.15) is 5.75 Å². The molecule has 0 unspecified atom stereocenters. The molecule has 0 aliphatic carbocycles. The van der Waals surface area contributed by atoms with Gasteiger partial charge >= 0.3 is 5.69 Å². The molecule has 4 nitrogen and oxygen atoms in total. The second-order valence-electron chi connectivity index (χ2n) is 2.84. The van der Waals surface area contributed by atoms with Crippen molar-refractivity contribution in [1.29, 1.82) is 0 Å². The van der Waals surface area contributed by atoms with Crippen LogP contribution in [0.3, 0.4) is 0 Å². The molecule has 4 heteroatoms. The highest BCUT2D eigenvalue weighted by molar-refractivity contribution is 5.59. The molecule has 2 N–H and O–H groups in total. The van der Waals surface area contributed by atoms with Crippen molar-refractivity contribution in [2.24, 2.45) is 0 Å². The summed E-state index contributed by atoms with van der Waals surface area (Å²) in [5, 5.41) is 9.07. The van der Waals surface area contributed by atoms with Crippen LogP contribution < -0.4 is 5.69 Å². The molecule has 0 amide bonds. The maximum atomic E-state index is 10.9. The van der Waals surface area contributed by atoms with Crippen LogP contribution >= 0.6 is 0 Å². The van der Waals surface area contributed by atoms with E-state index in [1.807, 2.05) is 0 Å². The van der Waals surface area contributed by atoms with Gasteiger partial charge in [-0.3, -0.25) is 0 Å². The molecule has 0 saturated carbocycles. The molecule has 0 aliphatic rings. The maximum Gasteiger partial charge on any atom is 0.345 e. The molecular formula is C10H8N2O2. The third-order valence-electron chi connectivity index (χ3n) is 1.85. The first-order valence-corrected chi connectivity index (χ1v) is 4.10. The van der Waals surface area contributed by atoms with Crippen molar-refractivity contribution in [2.75, 3.05) is 0 Å². The Kier molecular flexibility index (Phi) is 2.02. The first kappa shape index (κ1) is 8.50. The van der Waals surface area contributed by atoms with Gasteiger partial charge in [0.05, 0.1) is 5.69 Å². The van der Waals surface area contributed by atoms with Gasteiger partial charge < -0.3 is 10.1 Å². The van der Waals surface area contributed by atoms with E-state index in [1.54, 1.807) is 30.3 Å². The summed E-state index contributed by atoms with van der Waals surface area (Å²) < 4.78 is 0. The van der Waals surface area contributed by atoms with Crippen molar-refractivity contribution in [3.8, 4) is 17.0 Å². The molecule has 0 fully saturated rings. The Balaban J connectivity index is 2.50. The first-order valence-electron chi connectivity index (χ1n) is 4.10. The van der Waals surface area contributed by atoms with Crippen molar-refractivity contribution in [3.63, 3.8) is 0 Å². The van der Waals surface area contributed by atoms with E-state index in [-0.39, 0.29) is 11.4 Å². The molecule has 0 atom stereocenters.